The molecule has 1 aliphatic rings. The van der Waals surface area contributed by atoms with E-state index in [1.54, 1.807) is 0 Å². The van der Waals surface area contributed by atoms with Crippen molar-refractivity contribution in [2.24, 2.45) is 0 Å². The SMILES string of the molecule is c1ccc(N(c2ccccc2)c2cccc(N(c3cccc(N(c4ccccc4)c4ccc(C5CCCCC5)cc4)c3)c3cccc4c5ccccc5n(-c5ccccc5)c34)c2)cc1. The highest BCUT2D eigenvalue weighted by molar-refractivity contribution is 6.14. The normalized spacial score (nSPS) is 12.9. The number of hydrogen-bond donors (Lipinski definition) is 0. The summed E-state index contributed by atoms with van der Waals surface area (Å²) in [6.07, 6.45) is 6.57. The van der Waals surface area contributed by atoms with Crippen molar-refractivity contribution in [2.75, 3.05) is 14.7 Å². The number of benzene rings is 9. The second-order valence-corrected chi connectivity index (χ2v) is 16.8. The van der Waals surface area contributed by atoms with Gasteiger partial charge in [-0.2, -0.15) is 0 Å². The van der Waals surface area contributed by atoms with Gasteiger partial charge in [0.1, 0.15) is 0 Å². The standard InChI is InChI=1S/C60H50N4/c1-6-21-45(22-7-1)46-39-41-51(42-40-46)62(49-27-12-4-13-28-49)53-32-19-34-55(44-53)63(54-33-18-31-52(43-54)61(47-23-8-2-9-24-47)48-25-10-3-11-26-48)59-38-20-36-57-56-35-16-17-37-58(56)64(60(57)59)50-29-14-5-15-30-50/h2-5,8-20,23-45H,1,6-7,21-22H2. The molecule has 4 heteroatoms. The van der Waals surface area contributed by atoms with Crippen LogP contribution in [0, 0.1) is 0 Å². The predicted molar refractivity (Wildman–Crippen MR) is 271 cm³/mol. The van der Waals surface area contributed by atoms with E-state index in [-0.39, 0.29) is 0 Å². The van der Waals surface area contributed by atoms with Crippen LogP contribution in [0.15, 0.2) is 237 Å². The van der Waals surface area contributed by atoms with E-state index >= 15 is 0 Å². The molecule has 11 rings (SSSR count). The lowest BCUT2D eigenvalue weighted by Gasteiger charge is -2.31. The van der Waals surface area contributed by atoms with Crippen LogP contribution in [0.5, 0.6) is 0 Å². The lowest BCUT2D eigenvalue weighted by Crippen LogP contribution is -2.15. The predicted octanol–water partition coefficient (Wildman–Crippen LogP) is 17.2. The molecular weight excluding hydrogens is 777 g/mol. The van der Waals surface area contributed by atoms with E-state index in [9.17, 15) is 0 Å². The molecular formula is C60H50N4. The second-order valence-electron chi connectivity index (χ2n) is 16.8. The lowest BCUT2D eigenvalue weighted by atomic mass is 9.84. The molecule has 0 spiro atoms. The molecule has 310 valence electrons. The van der Waals surface area contributed by atoms with Crippen molar-refractivity contribution in [1.29, 1.82) is 0 Å². The summed E-state index contributed by atoms with van der Waals surface area (Å²) in [5.41, 5.74) is 14.7. The molecule has 0 bridgehead atoms. The van der Waals surface area contributed by atoms with Crippen molar-refractivity contribution in [3.63, 3.8) is 0 Å². The summed E-state index contributed by atoms with van der Waals surface area (Å²) in [6.45, 7) is 0. The van der Waals surface area contributed by atoms with E-state index in [1.807, 2.05) is 0 Å². The molecule has 0 aliphatic heterocycles. The van der Waals surface area contributed by atoms with Gasteiger partial charge in [0, 0.05) is 62.0 Å². The first-order valence-corrected chi connectivity index (χ1v) is 22.7. The third-order valence-corrected chi connectivity index (χ3v) is 12.9. The fraction of sp³-hybridized carbons (Fsp3) is 0.100. The fourth-order valence-electron chi connectivity index (χ4n) is 9.95. The third kappa shape index (κ3) is 7.47. The zero-order chi connectivity index (χ0) is 42.7. The molecule has 0 radical (unpaired) electrons. The van der Waals surface area contributed by atoms with E-state index < -0.39 is 0 Å². The fourth-order valence-corrected chi connectivity index (χ4v) is 9.95. The first-order valence-electron chi connectivity index (χ1n) is 22.7. The average molecular weight is 827 g/mol. The van der Waals surface area contributed by atoms with Crippen molar-refractivity contribution in [3.8, 4) is 5.69 Å². The number of para-hydroxylation sites is 6. The molecule has 0 atom stereocenters. The van der Waals surface area contributed by atoms with Gasteiger partial charge >= 0.3 is 0 Å². The van der Waals surface area contributed by atoms with Gasteiger partial charge in [-0.3, -0.25) is 0 Å². The van der Waals surface area contributed by atoms with Gasteiger partial charge in [-0.1, -0.05) is 147 Å². The molecule has 1 fully saturated rings. The van der Waals surface area contributed by atoms with Crippen LogP contribution in [0.4, 0.5) is 51.2 Å². The topological polar surface area (TPSA) is 14.7 Å². The van der Waals surface area contributed by atoms with Gasteiger partial charge in [0.15, 0.2) is 0 Å². The smallest absolute Gasteiger partial charge is 0.0782 e. The Hall–Kier alpha value is -7.82. The summed E-state index contributed by atoms with van der Waals surface area (Å²) in [5.74, 6) is 0.648. The Balaban J connectivity index is 1.13. The first kappa shape index (κ1) is 39.1. The highest BCUT2D eigenvalue weighted by atomic mass is 15.2. The van der Waals surface area contributed by atoms with Gasteiger partial charge in [-0.25, -0.2) is 0 Å². The van der Waals surface area contributed by atoms with E-state index in [1.165, 1.54) is 54.0 Å². The Labute approximate surface area is 376 Å². The number of nitrogens with zero attached hydrogens (tertiary/aromatic N) is 4. The van der Waals surface area contributed by atoms with Gasteiger partial charge in [0.25, 0.3) is 0 Å². The van der Waals surface area contributed by atoms with Crippen molar-refractivity contribution < 1.29 is 0 Å². The Morgan fingerprint density at radius 3 is 1.30 bits per heavy atom. The van der Waals surface area contributed by atoms with E-state index in [0.29, 0.717) is 5.92 Å². The lowest BCUT2D eigenvalue weighted by molar-refractivity contribution is 0.443. The van der Waals surface area contributed by atoms with Crippen LogP contribution in [0.25, 0.3) is 27.5 Å². The van der Waals surface area contributed by atoms with E-state index in [2.05, 4.69) is 256 Å². The average Bonchev–Trinajstić information content (AvgIpc) is 3.71. The molecule has 1 heterocycles. The van der Waals surface area contributed by atoms with Crippen LogP contribution < -0.4 is 14.7 Å². The minimum absolute atomic E-state index is 0.648. The third-order valence-electron chi connectivity index (χ3n) is 12.9. The molecule has 1 aliphatic carbocycles. The number of anilines is 9. The Morgan fingerprint density at radius 2 is 0.750 bits per heavy atom. The maximum absolute atomic E-state index is 2.46. The monoisotopic (exact) mass is 826 g/mol. The van der Waals surface area contributed by atoms with E-state index in [4.69, 9.17) is 0 Å². The second kappa shape index (κ2) is 17.5. The maximum atomic E-state index is 2.46. The largest absolute Gasteiger partial charge is 0.310 e. The molecule has 1 aromatic heterocycles. The highest BCUT2D eigenvalue weighted by Crippen LogP contribution is 2.47. The van der Waals surface area contributed by atoms with Gasteiger partial charge in [0.05, 0.1) is 16.7 Å². The van der Waals surface area contributed by atoms with E-state index in [0.717, 1.165) is 62.4 Å². The van der Waals surface area contributed by atoms with Crippen LogP contribution in [-0.2, 0) is 0 Å². The Bertz CT molecular complexity index is 3100. The Morgan fingerprint density at radius 1 is 0.328 bits per heavy atom. The summed E-state index contributed by atoms with van der Waals surface area (Å²) in [7, 11) is 0. The van der Waals surface area contributed by atoms with Crippen LogP contribution >= 0.6 is 0 Å². The number of hydrogen-bond acceptors (Lipinski definition) is 3. The van der Waals surface area contributed by atoms with Crippen molar-refractivity contribution in [2.45, 2.75) is 38.0 Å². The number of fused-ring (bicyclic) bond motifs is 3. The van der Waals surface area contributed by atoms with Crippen LogP contribution in [-0.4, -0.2) is 4.57 Å². The minimum atomic E-state index is 0.648. The summed E-state index contributed by atoms with van der Waals surface area (Å²) in [6, 6.07) is 85.9. The summed E-state index contributed by atoms with van der Waals surface area (Å²) >= 11 is 0. The van der Waals surface area contributed by atoms with Crippen molar-refractivity contribution >= 4 is 73.0 Å². The molecule has 10 aromatic rings. The first-order chi connectivity index (χ1) is 31.8. The quantitative estimate of drug-likeness (QED) is 0.129. The maximum Gasteiger partial charge on any atom is 0.0782 e. The molecule has 0 amide bonds. The number of aromatic nitrogens is 1. The highest BCUT2D eigenvalue weighted by Gasteiger charge is 2.24. The van der Waals surface area contributed by atoms with Gasteiger partial charge in [-0.05, 0) is 134 Å². The van der Waals surface area contributed by atoms with Crippen molar-refractivity contribution in [1.82, 2.24) is 4.57 Å². The molecule has 64 heavy (non-hydrogen) atoms. The van der Waals surface area contributed by atoms with Crippen LogP contribution in [0.3, 0.4) is 0 Å². The van der Waals surface area contributed by atoms with Crippen LogP contribution in [0.1, 0.15) is 43.6 Å². The number of rotatable bonds is 11. The van der Waals surface area contributed by atoms with Gasteiger partial charge in [-0.15, -0.1) is 0 Å². The zero-order valence-corrected chi connectivity index (χ0v) is 35.9. The molecule has 0 N–H and O–H groups in total. The van der Waals surface area contributed by atoms with Crippen molar-refractivity contribution in [3.05, 3.63) is 242 Å². The summed E-state index contributed by atoms with van der Waals surface area (Å²) in [4.78, 5) is 7.20. The van der Waals surface area contributed by atoms with Crippen LogP contribution in [0.2, 0.25) is 0 Å². The molecule has 0 saturated heterocycles. The Kier molecular flexibility index (Phi) is 10.7. The molecule has 1 saturated carbocycles. The summed E-state index contributed by atoms with van der Waals surface area (Å²) < 4.78 is 2.44. The van der Waals surface area contributed by atoms with Gasteiger partial charge < -0.3 is 19.3 Å². The minimum Gasteiger partial charge on any atom is -0.310 e. The molecule has 0 unspecified atom stereocenters. The molecule has 4 nitrogen and oxygen atoms in total. The molecule has 9 aromatic carbocycles. The summed E-state index contributed by atoms with van der Waals surface area (Å²) in [5, 5.41) is 2.42. The van der Waals surface area contributed by atoms with Gasteiger partial charge in [0.2, 0.25) is 0 Å². The zero-order valence-electron chi connectivity index (χ0n) is 35.9.